The standard InChI is InChI=1S/C11H14O2.K.H/c1-2-3-6-9-7-4-5-8-10(9)11(12)13;;/h4-5,7-8H,2-3,6H2,1H3,(H,12,13);;. The van der Waals surface area contributed by atoms with E-state index < -0.39 is 5.97 Å². The number of unbranched alkanes of at least 4 members (excludes halogenated alkanes) is 1. The molecule has 0 aliphatic heterocycles. The fourth-order valence-corrected chi connectivity index (χ4v) is 1.31. The van der Waals surface area contributed by atoms with Crippen molar-refractivity contribution >= 4 is 57.4 Å². The maximum absolute atomic E-state index is 10.8. The molecule has 1 aromatic carbocycles. The van der Waals surface area contributed by atoms with Gasteiger partial charge in [0.25, 0.3) is 0 Å². The van der Waals surface area contributed by atoms with Gasteiger partial charge in [-0.3, -0.25) is 0 Å². The molecule has 1 rings (SSSR count). The predicted molar refractivity (Wildman–Crippen MR) is 59.2 cm³/mol. The van der Waals surface area contributed by atoms with Gasteiger partial charge in [-0.15, -0.1) is 0 Å². The average Bonchev–Trinajstić information content (AvgIpc) is 2.15. The third kappa shape index (κ3) is 4.23. The van der Waals surface area contributed by atoms with Crippen LogP contribution in [0.4, 0.5) is 0 Å². The Morgan fingerprint density at radius 2 is 2.00 bits per heavy atom. The molecule has 0 spiro atoms. The SMILES string of the molecule is CCCCc1ccccc1C(=O)O.[KH]. The summed E-state index contributed by atoms with van der Waals surface area (Å²) in [5.41, 5.74) is 1.38. The molecular formula is C11H15KO2. The molecule has 1 N–H and O–H groups in total. The molecule has 1 aromatic rings. The molecule has 0 radical (unpaired) electrons. The van der Waals surface area contributed by atoms with Gasteiger partial charge in [-0.1, -0.05) is 31.5 Å². The molecule has 2 nitrogen and oxygen atoms in total. The zero-order chi connectivity index (χ0) is 9.68. The van der Waals surface area contributed by atoms with Gasteiger partial charge in [-0.05, 0) is 24.5 Å². The zero-order valence-corrected chi connectivity index (χ0v) is 7.79. The summed E-state index contributed by atoms with van der Waals surface area (Å²) in [5, 5.41) is 8.86. The second kappa shape index (κ2) is 7.60. The van der Waals surface area contributed by atoms with E-state index in [1.807, 2.05) is 12.1 Å². The number of benzene rings is 1. The molecular weight excluding hydrogens is 203 g/mol. The maximum atomic E-state index is 10.8. The van der Waals surface area contributed by atoms with Gasteiger partial charge in [0.15, 0.2) is 0 Å². The number of carbonyl (C=O) groups is 1. The van der Waals surface area contributed by atoms with Crippen LogP contribution in [0.15, 0.2) is 24.3 Å². The van der Waals surface area contributed by atoms with Gasteiger partial charge in [0.1, 0.15) is 0 Å². The first-order valence-electron chi connectivity index (χ1n) is 4.57. The second-order valence-electron chi connectivity index (χ2n) is 3.07. The number of carboxylic acid groups (broad SMARTS) is 1. The minimum absolute atomic E-state index is 0. The molecule has 0 heterocycles. The molecule has 0 aliphatic rings. The van der Waals surface area contributed by atoms with Gasteiger partial charge in [-0.25, -0.2) is 4.79 Å². The van der Waals surface area contributed by atoms with Crippen molar-refractivity contribution in [3.63, 3.8) is 0 Å². The molecule has 0 saturated heterocycles. The van der Waals surface area contributed by atoms with Gasteiger partial charge >= 0.3 is 57.4 Å². The molecule has 3 heteroatoms. The van der Waals surface area contributed by atoms with Gasteiger partial charge in [0.2, 0.25) is 0 Å². The van der Waals surface area contributed by atoms with Gasteiger partial charge in [0, 0.05) is 0 Å². The number of aromatic carboxylic acids is 1. The molecule has 0 fully saturated rings. The molecule has 0 aromatic heterocycles. The summed E-state index contributed by atoms with van der Waals surface area (Å²) in [6.45, 7) is 2.10. The van der Waals surface area contributed by atoms with Crippen LogP contribution in [-0.4, -0.2) is 62.5 Å². The van der Waals surface area contributed by atoms with E-state index in [9.17, 15) is 4.79 Å². The van der Waals surface area contributed by atoms with E-state index in [0.29, 0.717) is 5.56 Å². The van der Waals surface area contributed by atoms with E-state index in [4.69, 9.17) is 5.11 Å². The van der Waals surface area contributed by atoms with Gasteiger partial charge < -0.3 is 5.11 Å². The summed E-state index contributed by atoms with van der Waals surface area (Å²) in [7, 11) is 0. The summed E-state index contributed by atoms with van der Waals surface area (Å²) in [4.78, 5) is 10.8. The third-order valence-electron chi connectivity index (χ3n) is 2.05. The van der Waals surface area contributed by atoms with E-state index in [1.54, 1.807) is 12.1 Å². The monoisotopic (exact) mass is 218 g/mol. The van der Waals surface area contributed by atoms with Crippen molar-refractivity contribution in [1.82, 2.24) is 0 Å². The molecule has 0 amide bonds. The Balaban J connectivity index is 0.00000169. The topological polar surface area (TPSA) is 37.3 Å². The Kier molecular flexibility index (Phi) is 7.77. The number of carboxylic acids is 1. The van der Waals surface area contributed by atoms with Crippen molar-refractivity contribution in [3.8, 4) is 0 Å². The van der Waals surface area contributed by atoms with Gasteiger partial charge in [-0.2, -0.15) is 0 Å². The predicted octanol–water partition coefficient (Wildman–Crippen LogP) is 2.08. The first kappa shape index (κ1) is 14.3. The van der Waals surface area contributed by atoms with Crippen LogP contribution in [0, 0.1) is 0 Å². The zero-order valence-electron chi connectivity index (χ0n) is 7.79. The van der Waals surface area contributed by atoms with E-state index >= 15 is 0 Å². The van der Waals surface area contributed by atoms with Crippen LogP contribution < -0.4 is 0 Å². The third-order valence-corrected chi connectivity index (χ3v) is 2.05. The van der Waals surface area contributed by atoms with E-state index in [-0.39, 0.29) is 51.4 Å². The van der Waals surface area contributed by atoms with Crippen molar-refractivity contribution in [2.75, 3.05) is 0 Å². The van der Waals surface area contributed by atoms with E-state index in [1.165, 1.54) is 0 Å². The molecule has 0 unspecified atom stereocenters. The van der Waals surface area contributed by atoms with Gasteiger partial charge in [0.05, 0.1) is 5.56 Å². The van der Waals surface area contributed by atoms with Crippen molar-refractivity contribution in [3.05, 3.63) is 35.4 Å². The Morgan fingerprint density at radius 1 is 1.36 bits per heavy atom. The molecule has 0 atom stereocenters. The molecule has 0 bridgehead atoms. The molecule has 0 aliphatic carbocycles. The van der Waals surface area contributed by atoms with Crippen molar-refractivity contribution in [1.29, 1.82) is 0 Å². The van der Waals surface area contributed by atoms with Crippen molar-refractivity contribution in [2.24, 2.45) is 0 Å². The van der Waals surface area contributed by atoms with Crippen LogP contribution >= 0.6 is 0 Å². The average molecular weight is 218 g/mol. The van der Waals surface area contributed by atoms with E-state index in [0.717, 1.165) is 24.8 Å². The number of hydrogen-bond acceptors (Lipinski definition) is 1. The Hall–Kier alpha value is 0.326. The normalized spacial score (nSPS) is 9.21. The quantitative estimate of drug-likeness (QED) is 0.786. The molecule has 72 valence electrons. The fraction of sp³-hybridized carbons (Fsp3) is 0.364. The van der Waals surface area contributed by atoms with Crippen molar-refractivity contribution < 1.29 is 9.90 Å². The summed E-state index contributed by atoms with van der Waals surface area (Å²) in [6.07, 6.45) is 3.00. The van der Waals surface area contributed by atoms with E-state index in [2.05, 4.69) is 6.92 Å². The summed E-state index contributed by atoms with van der Waals surface area (Å²) in [6, 6.07) is 7.20. The first-order chi connectivity index (χ1) is 6.25. The Morgan fingerprint density at radius 3 is 2.57 bits per heavy atom. The van der Waals surface area contributed by atoms with Crippen LogP contribution in [0.5, 0.6) is 0 Å². The van der Waals surface area contributed by atoms with Crippen LogP contribution in [0.25, 0.3) is 0 Å². The van der Waals surface area contributed by atoms with Crippen LogP contribution in [0.3, 0.4) is 0 Å². The van der Waals surface area contributed by atoms with Crippen LogP contribution in [0.1, 0.15) is 35.7 Å². The number of rotatable bonds is 4. The van der Waals surface area contributed by atoms with Crippen LogP contribution in [0.2, 0.25) is 0 Å². The Bertz CT molecular complexity index is 297. The summed E-state index contributed by atoms with van der Waals surface area (Å²) < 4.78 is 0. The second-order valence-corrected chi connectivity index (χ2v) is 3.07. The molecule has 14 heavy (non-hydrogen) atoms. The molecule has 0 saturated carbocycles. The van der Waals surface area contributed by atoms with Crippen LogP contribution in [-0.2, 0) is 6.42 Å². The number of aryl methyl sites for hydroxylation is 1. The van der Waals surface area contributed by atoms with Crippen molar-refractivity contribution in [2.45, 2.75) is 26.2 Å². The minimum atomic E-state index is -0.827. The number of hydrogen-bond donors (Lipinski definition) is 1. The fourth-order valence-electron chi connectivity index (χ4n) is 1.31. The Labute approximate surface area is 127 Å². The summed E-state index contributed by atoms with van der Waals surface area (Å²) in [5.74, 6) is -0.827. The summed E-state index contributed by atoms with van der Waals surface area (Å²) >= 11 is 0. The first-order valence-corrected chi connectivity index (χ1v) is 4.57.